The van der Waals surface area contributed by atoms with Gasteiger partial charge in [0.2, 0.25) is 0 Å². The summed E-state index contributed by atoms with van der Waals surface area (Å²) in [6, 6.07) is 8.92. The monoisotopic (exact) mass is 277 g/mol. The molecule has 0 saturated carbocycles. The van der Waals surface area contributed by atoms with Gasteiger partial charge in [-0.15, -0.1) is 0 Å². The van der Waals surface area contributed by atoms with Gasteiger partial charge < -0.3 is 14.7 Å². The Bertz CT molecular complexity index is 465. The normalized spacial score (nSPS) is 13.3. The van der Waals surface area contributed by atoms with Crippen LogP contribution in [-0.2, 0) is 0 Å². The van der Waals surface area contributed by atoms with Crippen molar-refractivity contribution in [3.05, 3.63) is 29.8 Å². The Kier molecular flexibility index (Phi) is 6.71. The van der Waals surface area contributed by atoms with Crippen LogP contribution in [0.2, 0.25) is 0 Å². The molecule has 5 nitrogen and oxygen atoms in total. The number of likely N-dealkylation sites (N-methyl/N-ethyl adjacent to an activating group) is 1. The molecule has 0 aromatic heterocycles. The lowest BCUT2D eigenvalue weighted by Crippen LogP contribution is -3.10. The summed E-state index contributed by atoms with van der Waals surface area (Å²) in [7, 11) is 1.93. The highest BCUT2D eigenvalue weighted by Gasteiger charge is 2.12. The third kappa shape index (κ3) is 5.83. The first-order valence-electron chi connectivity index (χ1n) is 6.63. The smallest absolute Gasteiger partial charge is 0.159 e. The number of hydrogen-bond acceptors (Lipinski definition) is 4. The molecule has 1 rings (SSSR count). The van der Waals surface area contributed by atoms with E-state index in [1.807, 2.05) is 7.05 Å². The van der Waals surface area contributed by atoms with E-state index < -0.39 is 6.10 Å². The van der Waals surface area contributed by atoms with Crippen molar-refractivity contribution in [3.63, 3.8) is 0 Å². The van der Waals surface area contributed by atoms with Crippen molar-refractivity contribution < 1.29 is 19.5 Å². The molecule has 0 aliphatic rings. The fourth-order valence-corrected chi connectivity index (χ4v) is 1.81. The molecule has 0 spiro atoms. The van der Waals surface area contributed by atoms with E-state index >= 15 is 0 Å². The maximum atomic E-state index is 11.1. The number of carbonyl (C=O) groups excluding carboxylic acids is 1. The highest BCUT2D eigenvalue weighted by Crippen LogP contribution is 2.12. The summed E-state index contributed by atoms with van der Waals surface area (Å²) < 4.78 is 5.47. The van der Waals surface area contributed by atoms with Gasteiger partial charge in [0.15, 0.2) is 5.78 Å². The first-order chi connectivity index (χ1) is 9.52. The molecular formula is C15H21N2O3+. The molecular weight excluding hydrogens is 256 g/mol. The topological polar surface area (TPSA) is 74.8 Å². The maximum absolute atomic E-state index is 11.1. The van der Waals surface area contributed by atoms with Crippen molar-refractivity contribution >= 4 is 5.78 Å². The summed E-state index contributed by atoms with van der Waals surface area (Å²) in [6.45, 7) is 2.96. The van der Waals surface area contributed by atoms with Gasteiger partial charge in [-0.2, -0.15) is 5.26 Å². The number of nitriles is 1. The maximum Gasteiger partial charge on any atom is 0.159 e. The van der Waals surface area contributed by atoms with E-state index in [1.54, 1.807) is 24.3 Å². The fourth-order valence-electron chi connectivity index (χ4n) is 1.81. The standard InChI is InChI=1S/C15H20N2O3/c1-12(18)13-4-6-15(7-5-13)20-11-14(19)10-17(2)9-3-8-16/h4-7,14,19H,3,9-11H2,1-2H3/p+1/t14-/m1/s1. The fraction of sp³-hybridized carbons (Fsp3) is 0.467. The van der Waals surface area contributed by atoms with Gasteiger partial charge in [-0.3, -0.25) is 4.79 Å². The molecule has 108 valence electrons. The van der Waals surface area contributed by atoms with E-state index in [0.29, 0.717) is 30.8 Å². The molecule has 0 saturated heterocycles. The molecule has 0 fully saturated rings. The molecule has 0 amide bonds. The van der Waals surface area contributed by atoms with Crippen molar-refractivity contribution in [3.8, 4) is 11.8 Å². The summed E-state index contributed by atoms with van der Waals surface area (Å²) in [5.74, 6) is 0.642. The van der Waals surface area contributed by atoms with E-state index in [4.69, 9.17) is 10.00 Å². The summed E-state index contributed by atoms with van der Waals surface area (Å²) >= 11 is 0. The average Bonchev–Trinajstić information content (AvgIpc) is 2.43. The summed E-state index contributed by atoms with van der Waals surface area (Å²) in [5.41, 5.74) is 0.638. The summed E-state index contributed by atoms with van der Waals surface area (Å²) in [4.78, 5) is 12.2. The van der Waals surface area contributed by atoms with Crippen molar-refractivity contribution in [2.24, 2.45) is 0 Å². The van der Waals surface area contributed by atoms with Crippen molar-refractivity contribution in [1.29, 1.82) is 5.26 Å². The molecule has 1 aromatic carbocycles. The lowest BCUT2D eigenvalue weighted by molar-refractivity contribution is -0.882. The van der Waals surface area contributed by atoms with Crippen LogP contribution in [0.1, 0.15) is 23.7 Å². The molecule has 2 N–H and O–H groups in total. The number of hydrogen-bond donors (Lipinski definition) is 2. The molecule has 0 aliphatic carbocycles. The third-order valence-electron chi connectivity index (χ3n) is 2.95. The number of carbonyl (C=O) groups is 1. The van der Waals surface area contributed by atoms with Crippen LogP contribution < -0.4 is 9.64 Å². The molecule has 2 atom stereocenters. The van der Waals surface area contributed by atoms with Crippen molar-refractivity contribution in [2.45, 2.75) is 19.4 Å². The Balaban J connectivity index is 2.35. The lowest BCUT2D eigenvalue weighted by Gasteiger charge is -2.17. The molecule has 0 bridgehead atoms. The number of benzene rings is 1. The van der Waals surface area contributed by atoms with Crippen LogP contribution in [0.5, 0.6) is 5.75 Å². The number of ketones is 1. The Morgan fingerprint density at radius 2 is 2.10 bits per heavy atom. The van der Waals surface area contributed by atoms with Crippen LogP contribution in [-0.4, -0.2) is 43.7 Å². The molecule has 5 heteroatoms. The predicted molar refractivity (Wildman–Crippen MR) is 74.8 cm³/mol. The van der Waals surface area contributed by atoms with Crippen LogP contribution in [0.3, 0.4) is 0 Å². The molecule has 1 aromatic rings. The molecule has 20 heavy (non-hydrogen) atoms. The van der Waals surface area contributed by atoms with Gasteiger partial charge in [-0.25, -0.2) is 0 Å². The van der Waals surface area contributed by atoms with Gasteiger partial charge in [0.05, 0.1) is 26.1 Å². The Morgan fingerprint density at radius 3 is 2.65 bits per heavy atom. The number of nitrogens with one attached hydrogen (secondary N) is 1. The minimum atomic E-state index is -0.582. The molecule has 0 heterocycles. The minimum Gasteiger partial charge on any atom is -0.491 e. The second-order valence-electron chi connectivity index (χ2n) is 4.86. The highest BCUT2D eigenvalue weighted by atomic mass is 16.5. The minimum absolute atomic E-state index is 0.0132. The molecule has 0 aliphatic heterocycles. The van der Waals surface area contributed by atoms with Gasteiger partial charge in [-0.05, 0) is 31.2 Å². The zero-order valence-corrected chi connectivity index (χ0v) is 11.9. The van der Waals surface area contributed by atoms with Gasteiger partial charge in [0, 0.05) is 5.56 Å². The summed E-state index contributed by atoms with van der Waals surface area (Å²) in [6.07, 6.45) is -0.104. The number of ether oxygens (including phenoxy) is 1. The van der Waals surface area contributed by atoms with Crippen molar-refractivity contribution in [2.75, 3.05) is 26.7 Å². The van der Waals surface area contributed by atoms with Crippen molar-refractivity contribution in [1.82, 2.24) is 0 Å². The number of nitrogens with zero attached hydrogens (tertiary/aromatic N) is 1. The van der Waals surface area contributed by atoms with E-state index in [9.17, 15) is 9.90 Å². The summed E-state index contributed by atoms with van der Waals surface area (Å²) in [5, 5.41) is 18.3. The van der Waals surface area contributed by atoms with E-state index in [2.05, 4.69) is 6.07 Å². The quantitative estimate of drug-likeness (QED) is 0.659. The number of rotatable bonds is 8. The molecule has 0 radical (unpaired) electrons. The molecule has 1 unspecified atom stereocenters. The zero-order chi connectivity index (χ0) is 15.0. The first-order valence-corrected chi connectivity index (χ1v) is 6.63. The second-order valence-corrected chi connectivity index (χ2v) is 4.86. The third-order valence-corrected chi connectivity index (χ3v) is 2.95. The zero-order valence-electron chi connectivity index (χ0n) is 11.9. The van der Waals surface area contributed by atoms with E-state index in [-0.39, 0.29) is 12.4 Å². The predicted octanol–water partition coefficient (Wildman–Crippen LogP) is 0.0573. The largest absolute Gasteiger partial charge is 0.491 e. The van der Waals surface area contributed by atoms with Gasteiger partial charge in [0.1, 0.15) is 25.0 Å². The number of Topliss-reactive ketones (excluding diaryl/α,β-unsaturated/α-hetero) is 1. The average molecular weight is 277 g/mol. The Hall–Kier alpha value is -1.90. The van der Waals surface area contributed by atoms with Crippen LogP contribution in [0.15, 0.2) is 24.3 Å². The van der Waals surface area contributed by atoms with Gasteiger partial charge in [-0.1, -0.05) is 0 Å². The Morgan fingerprint density at radius 1 is 1.45 bits per heavy atom. The van der Waals surface area contributed by atoms with Crippen LogP contribution in [0, 0.1) is 11.3 Å². The Labute approximate surface area is 119 Å². The van der Waals surface area contributed by atoms with Crippen LogP contribution in [0.4, 0.5) is 0 Å². The number of quaternary nitrogens is 1. The number of aliphatic hydroxyl groups is 1. The van der Waals surface area contributed by atoms with E-state index in [1.165, 1.54) is 6.92 Å². The van der Waals surface area contributed by atoms with E-state index in [0.717, 1.165) is 4.90 Å². The second kappa shape index (κ2) is 8.31. The highest BCUT2D eigenvalue weighted by molar-refractivity contribution is 5.94. The van der Waals surface area contributed by atoms with Gasteiger partial charge >= 0.3 is 0 Å². The SMILES string of the molecule is CC(=O)c1ccc(OC[C@H](O)C[NH+](C)CCC#N)cc1. The van der Waals surface area contributed by atoms with Crippen LogP contribution >= 0.6 is 0 Å². The van der Waals surface area contributed by atoms with Crippen LogP contribution in [0.25, 0.3) is 0 Å². The lowest BCUT2D eigenvalue weighted by atomic mass is 10.1. The van der Waals surface area contributed by atoms with Gasteiger partial charge in [0.25, 0.3) is 0 Å². The first kappa shape index (κ1) is 16.2. The number of aliphatic hydroxyl groups excluding tert-OH is 1.